The van der Waals surface area contributed by atoms with Gasteiger partial charge in [0.1, 0.15) is 0 Å². The molecule has 1 fully saturated rings. The van der Waals surface area contributed by atoms with E-state index >= 15 is 0 Å². The van der Waals surface area contributed by atoms with Crippen molar-refractivity contribution >= 4 is 0 Å². The lowest BCUT2D eigenvalue weighted by atomic mass is 9.83. The maximum atomic E-state index is 3.58. The highest BCUT2D eigenvalue weighted by Crippen LogP contribution is 2.30. The van der Waals surface area contributed by atoms with E-state index in [1.807, 2.05) is 0 Å². The third-order valence-electron chi connectivity index (χ3n) is 4.68. The Kier molecular flexibility index (Phi) is 5.94. The Hall–Kier alpha value is -0.0800. The van der Waals surface area contributed by atoms with E-state index < -0.39 is 0 Å². The number of hydrogen-bond donors (Lipinski definition) is 1. The quantitative estimate of drug-likeness (QED) is 0.735. The second kappa shape index (κ2) is 6.75. The van der Waals surface area contributed by atoms with Crippen LogP contribution in [0, 0.1) is 5.92 Å². The molecule has 1 N–H and O–H groups in total. The first-order valence-electron chi connectivity index (χ1n) is 7.47. The van der Waals surface area contributed by atoms with Gasteiger partial charge in [-0.1, -0.05) is 20.8 Å². The summed E-state index contributed by atoms with van der Waals surface area (Å²) in [6, 6.07) is 0.632. The molecule has 1 aliphatic rings. The predicted molar refractivity (Wildman–Crippen MR) is 76.4 cm³/mol. The van der Waals surface area contributed by atoms with Crippen LogP contribution in [0.4, 0.5) is 0 Å². The van der Waals surface area contributed by atoms with E-state index in [-0.39, 0.29) is 0 Å². The molecule has 1 aliphatic heterocycles. The summed E-state index contributed by atoms with van der Waals surface area (Å²) in [5.74, 6) is 0.811. The normalized spacial score (nSPS) is 22.9. The summed E-state index contributed by atoms with van der Waals surface area (Å²) >= 11 is 0. The molecule has 0 aromatic carbocycles. The molecule has 0 spiro atoms. The molecule has 0 bridgehead atoms. The fraction of sp³-hybridized carbons (Fsp3) is 1.00. The molecule has 0 aliphatic carbocycles. The number of nitrogens with one attached hydrogen (secondary N) is 1. The average molecular weight is 240 g/mol. The van der Waals surface area contributed by atoms with Crippen molar-refractivity contribution in [2.45, 2.75) is 71.4 Å². The van der Waals surface area contributed by atoms with Gasteiger partial charge in [0.2, 0.25) is 0 Å². The zero-order chi connectivity index (χ0) is 12.9. The fourth-order valence-corrected chi connectivity index (χ4v) is 3.18. The third kappa shape index (κ3) is 3.69. The van der Waals surface area contributed by atoms with Gasteiger partial charge in [-0.25, -0.2) is 0 Å². The van der Waals surface area contributed by atoms with Crippen LogP contribution < -0.4 is 5.32 Å². The molecule has 0 aromatic rings. The second-order valence-electron chi connectivity index (χ2n) is 6.22. The van der Waals surface area contributed by atoms with Crippen molar-refractivity contribution < 1.29 is 0 Å². The van der Waals surface area contributed by atoms with Crippen LogP contribution in [0.3, 0.4) is 0 Å². The highest BCUT2D eigenvalue weighted by atomic mass is 15.2. The monoisotopic (exact) mass is 240 g/mol. The average Bonchev–Trinajstić information content (AvgIpc) is 2.82. The topological polar surface area (TPSA) is 15.3 Å². The molecule has 2 nitrogen and oxygen atoms in total. The molecule has 0 aromatic heterocycles. The van der Waals surface area contributed by atoms with E-state index in [1.54, 1.807) is 0 Å². The molecule has 2 heteroatoms. The lowest BCUT2D eigenvalue weighted by Crippen LogP contribution is -2.57. The van der Waals surface area contributed by atoms with Crippen LogP contribution in [0.2, 0.25) is 0 Å². The molecule has 102 valence electrons. The van der Waals surface area contributed by atoms with Gasteiger partial charge in [0.15, 0.2) is 0 Å². The van der Waals surface area contributed by atoms with Gasteiger partial charge >= 0.3 is 0 Å². The van der Waals surface area contributed by atoms with Crippen LogP contribution in [0.1, 0.15) is 59.8 Å². The Morgan fingerprint density at radius 2 is 1.76 bits per heavy atom. The van der Waals surface area contributed by atoms with Crippen LogP contribution in [0.5, 0.6) is 0 Å². The fourth-order valence-electron chi connectivity index (χ4n) is 3.18. The Balaban J connectivity index is 2.66. The SMILES string of the molecule is CCC(C)(C(CCC(C)C)NC)N1CCCC1. The molecule has 0 radical (unpaired) electrons. The maximum absolute atomic E-state index is 3.58. The van der Waals surface area contributed by atoms with Crippen LogP contribution >= 0.6 is 0 Å². The zero-order valence-electron chi connectivity index (χ0n) is 12.6. The van der Waals surface area contributed by atoms with E-state index in [9.17, 15) is 0 Å². The summed E-state index contributed by atoms with van der Waals surface area (Å²) in [6.07, 6.45) is 6.65. The maximum Gasteiger partial charge on any atom is 0.0331 e. The van der Waals surface area contributed by atoms with Crippen LogP contribution in [-0.2, 0) is 0 Å². The van der Waals surface area contributed by atoms with Crippen molar-refractivity contribution in [1.82, 2.24) is 10.2 Å². The molecule has 1 rings (SSSR count). The first kappa shape index (κ1) is 15.0. The Bertz CT molecular complexity index is 209. The molecule has 0 saturated carbocycles. The summed E-state index contributed by atoms with van der Waals surface area (Å²) in [4.78, 5) is 2.72. The van der Waals surface area contributed by atoms with E-state index in [0.29, 0.717) is 11.6 Å². The smallest absolute Gasteiger partial charge is 0.0331 e. The molecule has 2 unspecified atom stereocenters. The van der Waals surface area contributed by atoms with Crippen molar-refractivity contribution in [3.8, 4) is 0 Å². The van der Waals surface area contributed by atoms with Crippen molar-refractivity contribution in [3.05, 3.63) is 0 Å². The summed E-state index contributed by atoms with van der Waals surface area (Å²) in [7, 11) is 2.13. The summed E-state index contributed by atoms with van der Waals surface area (Å²) in [5, 5.41) is 3.58. The van der Waals surface area contributed by atoms with Gasteiger partial charge in [0.05, 0.1) is 0 Å². The first-order valence-corrected chi connectivity index (χ1v) is 7.47. The lowest BCUT2D eigenvalue weighted by Gasteiger charge is -2.45. The lowest BCUT2D eigenvalue weighted by molar-refractivity contribution is 0.0812. The van der Waals surface area contributed by atoms with Gasteiger partial charge in [-0.3, -0.25) is 4.90 Å². The van der Waals surface area contributed by atoms with Crippen LogP contribution in [0.15, 0.2) is 0 Å². The van der Waals surface area contributed by atoms with Crippen LogP contribution in [0.25, 0.3) is 0 Å². The number of rotatable bonds is 7. The van der Waals surface area contributed by atoms with Gasteiger partial charge in [-0.2, -0.15) is 0 Å². The molecular formula is C15H32N2. The van der Waals surface area contributed by atoms with Crippen molar-refractivity contribution in [3.63, 3.8) is 0 Å². The highest BCUT2D eigenvalue weighted by molar-refractivity contribution is 4.97. The van der Waals surface area contributed by atoms with Crippen LogP contribution in [-0.4, -0.2) is 36.6 Å². The van der Waals surface area contributed by atoms with Crippen molar-refractivity contribution in [2.75, 3.05) is 20.1 Å². The first-order chi connectivity index (χ1) is 8.04. The van der Waals surface area contributed by atoms with E-state index in [4.69, 9.17) is 0 Å². The Labute approximate surface area is 108 Å². The zero-order valence-corrected chi connectivity index (χ0v) is 12.6. The molecule has 1 heterocycles. The molecular weight excluding hydrogens is 208 g/mol. The van der Waals surface area contributed by atoms with Crippen molar-refractivity contribution in [2.24, 2.45) is 5.92 Å². The van der Waals surface area contributed by atoms with Gasteiger partial charge in [-0.15, -0.1) is 0 Å². The third-order valence-corrected chi connectivity index (χ3v) is 4.68. The van der Waals surface area contributed by atoms with Gasteiger partial charge in [-0.05, 0) is 65.1 Å². The van der Waals surface area contributed by atoms with Gasteiger partial charge in [0, 0.05) is 11.6 Å². The molecule has 0 amide bonds. The van der Waals surface area contributed by atoms with Gasteiger partial charge in [0.25, 0.3) is 0 Å². The van der Waals surface area contributed by atoms with Crippen molar-refractivity contribution in [1.29, 1.82) is 0 Å². The van der Waals surface area contributed by atoms with E-state index in [1.165, 1.54) is 45.2 Å². The second-order valence-corrected chi connectivity index (χ2v) is 6.22. The standard InChI is InChI=1S/C15H32N2/c1-6-15(4,17-11-7-8-12-17)14(16-5)10-9-13(2)3/h13-14,16H,6-12H2,1-5H3. The summed E-state index contributed by atoms with van der Waals surface area (Å²) < 4.78 is 0. The minimum absolute atomic E-state index is 0.347. The molecule has 17 heavy (non-hydrogen) atoms. The number of nitrogens with zero attached hydrogens (tertiary/aromatic N) is 1. The predicted octanol–water partition coefficient (Wildman–Crippen LogP) is 3.28. The number of likely N-dealkylation sites (N-methyl/N-ethyl adjacent to an activating group) is 1. The number of likely N-dealkylation sites (tertiary alicyclic amines) is 1. The van der Waals surface area contributed by atoms with Gasteiger partial charge < -0.3 is 5.32 Å². The summed E-state index contributed by atoms with van der Waals surface area (Å²) in [5.41, 5.74) is 0.347. The minimum Gasteiger partial charge on any atom is -0.315 e. The largest absolute Gasteiger partial charge is 0.315 e. The molecule has 2 atom stereocenters. The Morgan fingerprint density at radius 3 is 2.18 bits per heavy atom. The highest BCUT2D eigenvalue weighted by Gasteiger charge is 2.38. The van der Waals surface area contributed by atoms with E-state index in [2.05, 4.69) is 45.0 Å². The molecule has 1 saturated heterocycles. The van der Waals surface area contributed by atoms with E-state index in [0.717, 1.165) is 5.92 Å². The summed E-state index contributed by atoms with van der Waals surface area (Å²) in [6.45, 7) is 12.0. The minimum atomic E-state index is 0.347. The number of hydrogen-bond acceptors (Lipinski definition) is 2. The Morgan fingerprint density at radius 1 is 1.18 bits per heavy atom.